The molecule has 0 radical (unpaired) electrons. The minimum atomic E-state index is -0.857. The first-order chi connectivity index (χ1) is 44.9. The van der Waals surface area contributed by atoms with Gasteiger partial charge in [-0.25, -0.2) is 4.98 Å². The van der Waals surface area contributed by atoms with Gasteiger partial charge in [-0.1, -0.05) is 69.3 Å². The van der Waals surface area contributed by atoms with Gasteiger partial charge in [0.15, 0.2) is 5.82 Å². The van der Waals surface area contributed by atoms with Crippen LogP contribution in [0, 0.1) is 33.1 Å². The maximum Gasteiger partial charge on any atom is 0.308 e. The van der Waals surface area contributed by atoms with Crippen LogP contribution < -0.4 is 20.7 Å². The number of thiazole rings is 1. The maximum absolute atomic E-state index is 14.0. The molecule has 0 aliphatic carbocycles. The third-order valence-electron chi connectivity index (χ3n) is 15.8. The number of thiophene rings is 1. The molecule has 3 aromatic heterocycles. The Morgan fingerprint density at radius 2 is 1.29 bits per heavy atom. The Morgan fingerprint density at radius 3 is 1.87 bits per heavy atom. The molecule has 502 valence electrons. The zero-order chi connectivity index (χ0) is 66.3. The van der Waals surface area contributed by atoms with Gasteiger partial charge in [0.25, 0.3) is 0 Å². The van der Waals surface area contributed by atoms with Crippen molar-refractivity contribution in [2.75, 3.05) is 118 Å². The van der Waals surface area contributed by atoms with Crippen molar-refractivity contribution in [3.8, 4) is 21.2 Å². The Hall–Kier alpha value is -7.33. The second-order valence-corrected chi connectivity index (χ2v) is 25.8. The highest BCUT2D eigenvalue weighted by molar-refractivity contribution is 7.15. The van der Waals surface area contributed by atoms with Crippen LogP contribution in [0.4, 0.5) is 5.69 Å². The van der Waals surface area contributed by atoms with Gasteiger partial charge in [-0.05, 0) is 106 Å². The number of methoxy groups -OCH3 is 1. The van der Waals surface area contributed by atoms with Crippen LogP contribution in [0.2, 0.25) is 0 Å². The summed E-state index contributed by atoms with van der Waals surface area (Å²) < 4.78 is 52.0. The number of amides is 4. The van der Waals surface area contributed by atoms with Crippen molar-refractivity contribution >= 4 is 63.7 Å². The fourth-order valence-electron chi connectivity index (χ4n) is 10.6. The minimum absolute atomic E-state index is 0.0188. The van der Waals surface area contributed by atoms with E-state index >= 15 is 0 Å². The molecule has 0 unspecified atom stereocenters. The van der Waals surface area contributed by atoms with Gasteiger partial charge in [-0.2, -0.15) is 0 Å². The molecule has 2 aliphatic heterocycles. The number of aryl methyl sites for hydroxylation is 4. The van der Waals surface area contributed by atoms with E-state index in [2.05, 4.69) is 45.0 Å². The minimum Gasteiger partial charge on any atom is -0.491 e. The molecular weight excluding hydrogens is 1230 g/mol. The molecule has 3 N–H and O–H groups in total. The Kier molecular flexibility index (Phi) is 27.5. The summed E-state index contributed by atoms with van der Waals surface area (Å²) in [4.78, 5) is 79.5. The first-order valence-corrected chi connectivity index (χ1v) is 33.3. The van der Waals surface area contributed by atoms with Crippen molar-refractivity contribution in [2.24, 2.45) is 10.4 Å². The molecule has 4 atom stereocenters. The number of benzene rings is 3. The number of anilines is 1. The van der Waals surface area contributed by atoms with Crippen molar-refractivity contribution in [3.63, 3.8) is 0 Å². The predicted octanol–water partition coefficient (Wildman–Crippen LogP) is 8.61. The number of ether oxygens (including phenoxy) is 9. The van der Waals surface area contributed by atoms with E-state index < -0.39 is 35.4 Å². The Balaban J connectivity index is 0.586. The van der Waals surface area contributed by atoms with Crippen LogP contribution in [0.15, 0.2) is 83.3 Å². The fourth-order valence-corrected chi connectivity index (χ4v) is 12.7. The summed E-state index contributed by atoms with van der Waals surface area (Å²) in [6, 6.07) is 21.0. The standard InChI is InChI=1S/C68H89N9O14S2/c1-44-47(4)93-67-60(44)61(72-55(41-59(80)83-9)64-75-74-48(5)77(64)67)51-19-21-53(22-20-51)71-57(78)25-14-49-12-23-54(24-13-49)91-40-39-89-36-35-87-32-31-85-28-27-84-29-30-86-33-34-88-37-38-90-42-58(79)73-63(68(6,7)8)66(82)76-26-10-11-56(76)65(81)70-45(2)50-15-17-52(18-16-50)62-46(3)69-43-92-62/h12-13,15-24,43,45,55-56,63H,10-11,14,25-42H2,1-9H3,(H,70,81)(H,71,78)(H,73,79)/t45-,55-,56-,63+/m0/s1. The molecule has 93 heavy (non-hydrogen) atoms. The fraction of sp³-hybridized carbons (Fsp3) is 0.515. The van der Waals surface area contributed by atoms with Crippen LogP contribution in [0.3, 0.4) is 0 Å². The summed E-state index contributed by atoms with van der Waals surface area (Å²) in [6.45, 7) is 21.1. The average molecular weight is 1320 g/mol. The lowest BCUT2D eigenvalue weighted by molar-refractivity contribution is -0.144. The average Bonchev–Trinajstić information content (AvgIpc) is 1.60. The van der Waals surface area contributed by atoms with Crippen LogP contribution in [0.1, 0.15) is 115 Å². The topological polar surface area (TPSA) is 264 Å². The molecule has 2 aliphatic rings. The summed E-state index contributed by atoms with van der Waals surface area (Å²) in [6.07, 6.45) is 2.10. The maximum atomic E-state index is 14.0. The van der Waals surface area contributed by atoms with E-state index in [1.165, 1.54) is 7.11 Å². The number of fused-ring (bicyclic) bond motifs is 3. The third kappa shape index (κ3) is 20.8. The number of aromatic nitrogens is 4. The molecular formula is C68H89N9O14S2. The van der Waals surface area contributed by atoms with Gasteiger partial charge in [0.2, 0.25) is 23.6 Å². The van der Waals surface area contributed by atoms with Crippen LogP contribution in [-0.2, 0) is 68.3 Å². The van der Waals surface area contributed by atoms with E-state index in [1.807, 2.05) is 124 Å². The van der Waals surface area contributed by atoms with Crippen molar-refractivity contribution < 1.29 is 66.6 Å². The highest BCUT2D eigenvalue weighted by Crippen LogP contribution is 2.40. The Bertz CT molecular complexity index is 3420. The Labute approximate surface area is 552 Å². The molecule has 4 amide bonds. The second-order valence-electron chi connectivity index (χ2n) is 23.7. The molecule has 0 bridgehead atoms. The van der Waals surface area contributed by atoms with Gasteiger partial charge in [-0.3, -0.25) is 33.5 Å². The van der Waals surface area contributed by atoms with Gasteiger partial charge in [0.1, 0.15) is 47.9 Å². The van der Waals surface area contributed by atoms with Gasteiger partial charge in [-0.15, -0.1) is 32.9 Å². The van der Waals surface area contributed by atoms with Crippen molar-refractivity contribution in [2.45, 2.75) is 112 Å². The first-order valence-electron chi connectivity index (χ1n) is 31.6. The molecule has 0 saturated carbocycles. The molecule has 0 spiro atoms. The molecule has 1 saturated heterocycles. The first kappa shape index (κ1) is 71.5. The monoisotopic (exact) mass is 1320 g/mol. The van der Waals surface area contributed by atoms with E-state index in [9.17, 15) is 24.0 Å². The van der Waals surface area contributed by atoms with E-state index in [4.69, 9.17) is 47.6 Å². The quantitative estimate of drug-likeness (QED) is 0.0243. The summed E-state index contributed by atoms with van der Waals surface area (Å²) in [5, 5.41) is 18.7. The van der Waals surface area contributed by atoms with Gasteiger partial charge >= 0.3 is 5.97 Å². The molecule has 23 nitrogen and oxygen atoms in total. The largest absolute Gasteiger partial charge is 0.491 e. The smallest absolute Gasteiger partial charge is 0.308 e. The van der Waals surface area contributed by atoms with Crippen LogP contribution in [-0.4, -0.2) is 185 Å². The number of hydrogen-bond donors (Lipinski definition) is 3. The zero-order valence-electron chi connectivity index (χ0n) is 54.9. The third-order valence-corrected chi connectivity index (χ3v) is 18.0. The number of nitrogens with one attached hydrogen (secondary N) is 3. The number of rotatable bonds is 37. The summed E-state index contributed by atoms with van der Waals surface area (Å²) in [5.41, 5.74) is 9.55. The van der Waals surface area contributed by atoms with Gasteiger partial charge in [0, 0.05) is 34.7 Å². The van der Waals surface area contributed by atoms with Crippen LogP contribution in [0.25, 0.3) is 15.4 Å². The van der Waals surface area contributed by atoms with E-state index in [1.54, 1.807) is 27.6 Å². The number of carbonyl (C=O) groups excluding carboxylic acids is 5. The zero-order valence-corrected chi connectivity index (χ0v) is 56.5. The summed E-state index contributed by atoms with van der Waals surface area (Å²) >= 11 is 3.23. The normalized spacial score (nSPS) is 15.2. The van der Waals surface area contributed by atoms with Crippen molar-refractivity contribution in [3.05, 3.63) is 128 Å². The highest BCUT2D eigenvalue weighted by atomic mass is 32.1. The predicted molar refractivity (Wildman–Crippen MR) is 354 cm³/mol. The summed E-state index contributed by atoms with van der Waals surface area (Å²) in [7, 11) is 1.36. The molecule has 3 aromatic carbocycles. The number of aliphatic imine (C=N–C) groups is 1. The number of carbonyl (C=O) groups is 5. The molecule has 8 rings (SSSR count). The lowest BCUT2D eigenvalue weighted by atomic mass is 9.85. The Morgan fingerprint density at radius 1 is 0.699 bits per heavy atom. The highest BCUT2D eigenvalue weighted by Gasteiger charge is 2.42. The molecule has 1 fully saturated rings. The van der Waals surface area contributed by atoms with Crippen LogP contribution in [0.5, 0.6) is 5.75 Å². The van der Waals surface area contributed by atoms with E-state index in [-0.39, 0.29) is 50.0 Å². The lowest BCUT2D eigenvalue weighted by Crippen LogP contribution is -2.58. The summed E-state index contributed by atoms with van der Waals surface area (Å²) in [5.74, 6) is 0.577. The second kappa shape index (κ2) is 35.8. The van der Waals surface area contributed by atoms with Crippen molar-refractivity contribution in [1.82, 2.24) is 35.3 Å². The van der Waals surface area contributed by atoms with Gasteiger partial charge < -0.3 is 63.5 Å². The van der Waals surface area contributed by atoms with Crippen molar-refractivity contribution in [1.29, 1.82) is 0 Å². The lowest BCUT2D eigenvalue weighted by Gasteiger charge is -2.35. The number of hydrogen-bond acceptors (Lipinski definition) is 20. The van der Waals surface area contributed by atoms with Gasteiger partial charge in [0.05, 0.1) is 127 Å². The number of nitrogens with zero attached hydrogens (tertiary/aromatic N) is 6. The number of esters is 1. The number of likely N-dealkylation sites (tertiary alicyclic amines) is 1. The molecule has 25 heteroatoms. The molecule has 6 aromatic rings. The van der Waals surface area contributed by atoms with E-state index in [0.29, 0.717) is 135 Å². The van der Waals surface area contributed by atoms with E-state index in [0.717, 1.165) is 59.5 Å². The SMILES string of the molecule is COC(=O)C[C@@H]1N=C(c2ccc(NC(=O)CCc3ccc(OCCOCCOCCOCCOCCOCCOCCOCC(=O)N[C@H](C(=O)N4CCC[C@H]4C(=O)N[C@@H](C)c4ccc(-c5scnc5C)cc4)C(C)(C)C)cc3)cc2)c2c(sc(C)c2C)-n2c(C)nnc21. The molecule has 5 heterocycles. The van der Waals surface area contributed by atoms with Crippen LogP contribution >= 0.6 is 22.7 Å².